The van der Waals surface area contributed by atoms with Crippen molar-refractivity contribution in [3.63, 3.8) is 0 Å². The lowest BCUT2D eigenvalue weighted by Crippen LogP contribution is -2.47. The van der Waals surface area contributed by atoms with Crippen LogP contribution in [0.25, 0.3) is 0 Å². The van der Waals surface area contributed by atoms with E-state index in [9.17, 15) is 4.79 Å². The molecule has 22 heavy (non-hydrogen) atoms. The van der Waals surface area contributed by atoms with Gasteiger partial charge in [-0.05, 0) is 12.1 Å². The van der Waals surface area contributed by atoms with Crippen LogP contribution in [0.5, 0.6) is 0 Å². The first-order valence-electron chi connectivity index (χ1n) is 7.25. The Morgan fingerprint density at radius 3 is 2.77 bits per heavy atom. The minimum absolute atomic E-state index is 0. The van der Waals surface area contributed by atoms with Crippen molar-refractivity contribution in [2.24, 2.45) is 0 Å². The lowest BCUT2D eigenvalue weighted by Gasteiger charge is -2.28. The highest BCUT2D eigenvalue weighted by atomic mass is 35.5. The van der Waals surface area contributed by atoms with Crippen LogP contribution in [0, 0.1) is 0 Å². The molecule has 0 spiro atoms. The van der Waals surface area contributed by atoms with Gasteiger partial charge < -0.3 is 10.2 Å². The summed E-state index contributed by atoms with van der Waals surface area (Å²) in [6.45, 7) is 9.59. The largest absolute Gasteiger partial charge is 0.340 e. The van der Waals surface area contributed by atoms with Crippen LogP contribution in [0.3, 0.4) is 0 Å². The molecule has 4 nitrogen and oxygen atoms in total. The van der Waals surface area contributed by atoms with E-state index in [2.05, 4.69) is 16.8 Å². The lowest BCUT2D eigenvalue weighted by atomic mass is 10.2. The van der Waals surface area contributed by atoms with Crippen molar-refractivity contribution in [2.75, 3.05) is 39.3 Å². The quantitative estimate of drug-likeness (QED) is 0.756. The van der Waals surface area contributed by atoms with E-state index in [4.69, 9.17) is 11.6 Å². The summed E-state index contributed by atoms with van der Waals surface area (Å²) in [5.41, 5.74) is 0. The van der Waals surface area contributed by atoms with Crippen molar-refractivity contribution in [1.82, 2.24) is 15.1 Å². The fourth-order valence-electron chi connectivity index (χ4n) is 2.40. The van der Waals surface area contributed by atoms with Crippen molar-refractivity contribution in [1.29, 1.82) is 0 Å². The number of rotatable bonds is 7. The highest BCUT2D eigenvalue weighted by Gasteiger charge is 2.17. The van der Waals surface area contributed by atoms with Gasteiger partial charge >= 0.3 is 0 Å². The SMILES string of the molecule is C=CCN(CCC(=O)N1CCNCC1)Cc1ccc(Cl)s1.Cl. The molecular formula is C15H23Cl2N3OS. The number of hydrogen-bond donors (Lipinski definition) is 1. The molecule has 0 aromatic carbocycles. The predicted molar refractivity (Wildman–Crippen MR) is 96.1 cm³/mol. The molecule has 7 heteroatoms. The molecule has 2 rings (SSSR count). The molecule has 1 amide bonds. The number of carbonyl (C=O) groups excluding carboxylic acids is 1. The highest BCUT2D eigenvalue weighted by Crippen LogP contribution is 2.22. The zero-order chi connectivity index (χ0) is 15.1. The second-order valence-corrected chi connectivity index (χ2v) is 6.91. The van der Waals surface area contributed by atoms with E-state index in [-0.39, 0.29) is 18.3 Å². The molecule has 1 aliphatic rings. The number of hydrogen-bond acceptors (Lipinski definition) is 4. The van der Waals surface area contributed by atoms with Gasteiger partial charge in [0.05, 0.1) is 4.34 Å². The molecule has 1 aromatic heterocycles. The van der Waals surface area contributed by atoms with Gasteiger partial charge in [0.2, 0.25) is 5.91 Å². The van der Waals surface area contributed by atoms with E-state index in [0.717, 1.165) is 50.1 Å². The Morgan fingerprint density at radius 1 is 1.45 bits per heavy atom. The van der Waals surface area contributed by atoms with E-state index in [1.807, 2.05) is 23.1 Å². The zero-order valence-electron chi connectivity index (χ0n) is 12.6. The van der Waals surface area contributed by atoms with E-state index in [1.54, 1.807) is 11.3 Å². The van der Waals surface area contributed by atoms with Gasteiger partial charge in [0.1, 0.15) is 0 Å². The van der Waals surface area contributed by atoms with Crippen LogP contribution in [-0.4, -0.2) is 55.0 Å². The minimum Gasteiger partial charge on any atom is -0.340 e. The summed E-state index contributed by atoms with van der Waals surface area (Å²) in [6, 6.07) is 3.96. The van der Waals surface area contributed by atoms with Gasteiger partial charge in [-0.2, -0.15) is 0 Å². The Morgan fingerprint density at radius 2 is 2.18 bits per heavy atom. The van der Waals surface area contributed by atoms with E-state index >= 15 is 0 Å². The molecule has 0 aliphatic carbocycles. The fraction of sp³-hybridized carbons (Fsp3) is 0.533. The summed E-state index contributed by atoms with van der Waals surface area (Å²) in [5.74, 6) is 0.245. The summed E-state index contributed by atoms with van der Waals surface area (Å²) in [5, 5.41) is 3.26. The molecule has 1 N–H and O–H groups in total. The van der Waals surface area contributed by atoms with Gasteiger partial charge in [0, 0.05) is 57.1 Å². The summed E-state index contributed by atoms with van der Waals surface area (Å²) in [7, 11) is 0. The molecule has 0 saturated carbocycles. The molecule has 1 saturated heterocycles. The molecule has 0 atom stereocenters. The smallest absolute Gasteiger partial charge is 0.223 e. The Labute approximate surface area is 147 Å². The average Bonchev–Trinajstić information content (AvgIpc) is 2.91. The van der Waals surface area contributed by atoms with Crippen molar-refractivity contribution < 1.29 is 4.79 Å². The molecule has 1 fully saturated rings. The molecule has 124 valence electrons. The van der Waals surface area contributed by atoms with Crippen molar-refractivity contribution in [2.45, 2.75) is 13.0 Å². The number of carbonyl (C=O) groups is 1. The van der Waals surface area contributed by atoms with Crippen LogP contribution >= 0.6 is 35.3 Å². The van der Waals surface area contributed by atoms with Crippen LogP contribution in [-0.2, 0) is 11.3 Å². The van der Waals surface area contributed by atoms with Crippen molar-refractivity contribution in [3.05, 3.63) is 34.0 Å². The number of nitrogens with zero attached hydrogens (tertiary/aromatic N) is 2. The van der Waals surface area contributed by atoms with E-state index in [0.29, 0.717) is 6.42 Å². The van der Waals surface area contributed by atoms with Crippen LogP contribution in [0.15, 0.2) is 24.8 Å². The normalized spacial score (nSPS) is 14.7. The summed E-state index contributed by atoms with van der Waals surface area (Å²) < 4.78 is 0.806. The first-order chi connectivity index (χ1) is 10.2. The maximum Gasteiger partial charge on any atom is 0.223 e. The molecule has 2 heterocycles. The number of halogens is 2. The number of nitrogens with one attached hydrogen (secondary N) is 1. The third-order valence-corrected chi connectivity index (χ3v) is 4.72. The first kappa shape index (κ1) is 19.5. The Bertz CT molecular complexity index is 475. The monoisotopic (exact) mass is 363 g/mol. The van der Waals surface area contributed by atoms with Gasteiger partial charge in [-0.15, -0.1) is 30.3 Å². The molecule has 1 aliphatic heterocycles. The first-order valence-corrected chi connectivity index (χ1v) is 8.44. The molecule has 0 unspecified atom stereocenters. The topological polar surface area (TPSA) is 35.6 Å². The van der Waals surface area contributed by atoms with Crippen molar-refractivity contribution in [3.8, 4) is 0 Å². The molecular weight excluding hydrogens is 341 g/mol. The summed E-state index contributed by atoms with van der Waals surface area (Å²) >= 11 is 7.55. The van der Waals surface area contributed by atoms with Crippen LogP contribution in [0.2, 0.25) is 4.34 Å². The highest BCUT2D eigenvalue weighted by molar-refractivity contribution is 7.16. The lowest BCUT2D eigenvalue weighted by molar-refractivity contribution is -0.132. The van der Waals surface area contributed by atoms with Crippen LogP contribution < -0.4 is 5.32 Å². The third kappa shape index (κ3) is 6.26. The van der Waals surface area contributed by atoms with E-state index < -0.39 is 0 Å². The second-order valence-electron chi connectivity index (χ2n) is 5.11. The Balaban J connectivity index is 0.00000242. The van der Waals surface area contributed by atoms with Gasteiger partial charge in [-0.25, -0.2) is 0 Å². The zero-order valence-corrected chi connectivity index (χ0v) is 15.0. The van der Waals surface area contributed by atoms with Crippen LogP contribution in [0.4, 0.5) is 0 Å². The Hall–Kier alpha value is -0.590. The summed E-state index contributed by atoms with van der Waals surface area (Å²) in [6.07, 6.45) is 2.44. The van der Waals surface area contributed by atoms with Gasteiger partial charge in [-0.1, -0.05) is 17.7 Å². The minimum atomic E-state index is 0. The number of thiophene rings is 1. The fourth-order valence-corrected chi connectivity index (χ4v) is 3.53. The standard InChI is InChI=1S/C15H22ClN3OS.ClH/c1-2-8-18(12-13-3-4-14(16)21-13)9-5-15(20)19-10-6-17-7-11-19;/h2-4,17H,1,5-12H2;1H. The van der Waals surface area contributed by atoms with Gasteiger partial charge in [0.25, 0.3) is 0 Å². The molecule has 0 radical (unpaired) electrons. The second kappa shape index (κ2) is 10.2. The summed E-state index contributed by atoms with van der Waals surface area (Å²) in [4.78, 5) is 17.6. The average molecular weight is 364 g/mol. The Kier molecular flexibility index (Phi) is 9.05. The maximum absolute atomic E-state index is 12.2. The molecule has 0 bridgehead atoms. The predicted octanol–water partition coefficient (Wildman–Crippen LogP) is 2.63. The third-order valence-electron chi connectivity index (χ3n) is 3.51. The van der Waals surface area contributed by atoms with Gasteiger partial charge in [-0.3, -0.25) is 9.69 Å². The van der Waals surface area contributed by atoms with Crippen molar-refractivity contribution >= 4 is 41.3 Å². The molecule has 1 aromatic rings. The van der Waals surface area contributed by atoms with Crippen LogP contribution in [0.1, 0.15) is 11.3 Å². The van der Waals surface area contributed by atoms with E-state index in [1.165, 1.54) is 4.88 Å². The van der Waals surface area contributed by atoms with Gasteiger partial charge in [0.15, 0.2) is 0 Å². The maximum atomic E-state index is 12.2. The number of amides is 1. The number of piperazine rings is 1.